The van der Waals surface area contributed by atoms with E-state index in [1.807, 2.05) is 13.8 Å². The lowest BCUT2D eigenvalue weighted by Gasteiger charge is -1.98. The van der Waals surface area contributed by atoms with Crippen LogP contribution in [0.3, 0.4) is 0 Å². The second-order valence-electron chi connectivity index (χ2n) is 2.21. The summed E-state index contributed by atoms with van der Waals surface area (Å²) in [5.41, 5.74) is 0.299. The molecule has 13 heavy (non-hydrogen) atoms. The molecule has 0 atom stereocenters. The molecule has 0 aliphatic rings. The Morgan fingerprint density at radius 2 is 1.92 bits per heavy atom. The molecule has 0 unspecified atom stereocenters. The second-order valence-corrected chi connectivity index (χ2v) is 2.21. The Balaban J connectivity index is 0. The minimum absolute atomic E-state index is 0.0847. The van der Waals surface area contributed by atoms with E-state index >= 15 is 0 Å². The maximum atomic E-state index is 12.5. The van der Waals surface area contributed by atoms with Crippen molar-refractivity contribution in [2.45, 2.75) is 27.2 Å². The fourth-order valence-electron chi connectivity index (χ4n) is 0.656. The minimum Gasteiger partial charge on any atom is -0.300 e. The Labute approximate surface area is 79.7 Å². The van der Waals surface area contributed by atoms with E-state index in [1.165, 1.54) is 19.1 Å². The third-order valence-corrected chi connectivity index (χ3v) is 1.11. The molecule has 74 valence electrons. The molecule has 0 heterocycles. The van der Waals surface area contributed by atoms with E-state index in [2.05, 4.69) is 13.2 Å². The summed E-state index contributed by atoms with van der Waals surface area (Å²) in [6, 6.07) is 0. The Morgan fingerprint density at radius 3 is 2.15 bits per heavy atom. The van der Waals surface area contributed by atoms with Crippen LogP contribution >= 0.6 is 0 Å². The topological polar surface area (TPSA) is 17.1 Å². The van der Waals surface area contributed by atoms with E-state index in [9.17, 15) is 9.18 Å². The number of carbonyl (C=O) groups is 1. The molecule has 1 nitrogen and oxygen atoms in total. The zero-order valence-electron chi connectivity index (χ0n) is 8.56. The van der Waals surface area contributed by atoms with Crippen LogP contribution in [0, 0.1) is 0 Å². The first-order valence-electron chi connectivity index (χ1n) is 4.23. The van der Waals surface area contributed by atoms with Crippen molar-refractivity contribution in [1.29, 1.82) is 0 Å². The number of hydrogen-bond acceptors (Lipinski definition) is 1. The van der Waals surface area contributed by atoms with Crippen LogP contribution in [0.15, 0.2) is 36.7 Å². The fraction of sp³-hybridized carbons (Fsp3) is 0.364. The van der Waals surface area contributed by atoms with Gasteiger partial charge in [-0.2, -0.15) is 0 Å². The molecule has 0 amide bonds. The Bertz CT molecular complexity index is 214. The fourth-order valence-corrected chi connectivity index (χ4v) is 0.656. The first kappa shape index (κ1) is 14.3. The van der Waals surface area contributed by atoms with Gasteiger partial charge in [-0.25, -0.2) is 4.39 Å². The van der Waals surface area contributed by atoms with Crippen molar-refractivity contribution in [3.8, 4) is 0 Å². The number of halogens is 1. The number of hydrogen-bond donors (Lipinski definition) is 0. The van der Waals surface area contributed by atoms with Crippen molar-refractivity contribution in [2.24, 2.45) is 0 Å². The van der Waals surface area contributed by atoms with Gasteiger partial charge in [0.15, 0.2) is 0 Å². The van der Waals surface area contributed by atoms with Gasteiger partial charge in [-0.3, -0.25) is 4.79 Å². The van der Waals surface area contributed by atoms with Gasteiger partial charge in [0.2, 0.25) is 0 Å². The molecule has 0 saturated heterocycles. The van der Waals surface area contributed by atoms with Gasteiger partial charge in [0.05, 0.1) is 0 Å². The van der Waals surface area contributed by atoms with Gasteiger partial charge in [-0.05, 0) is 12.5 Å². The molecule has 0 bridgehead atoms. The molecule has 0 aliphatic heterocycles. The molecule has 0 aromatic rings. The summed E-state index contributed by atoms with van der Waals surface area (Å²) in [4.78, 5) is 10.6. The normalized spacial score (nSPS) is 9.69. The van der Waals surface area contributed by atoms with Gasteiger partial charge in [0.25, 0.3) is 0 Å². The van der Waals surface area contributed by atoms with Crippen LogP contribution in [0.4, 0.5) is 4.39 Å². The van der Waals surface area contributed by atoms with Gasteiger partial charge in [0.1, 0.15) is 11.6 Å². The zero-order valence-corrected chi connectivity index (χ0v) is 8.56. The highest BCUT2D eigenvalue weighted by molar-refractivity contribution is 5.79. The summed E-state index contributed by atoms with van der Waals surface area (Å²) in [5, 5.41) is 0. The van der Waals surface area contributed by atoms with Crippen LogP contribution in [0.2, 0.25) is 0 Å². The largest absolute Gasteiger partial charge is 0.300 e. The van der Waals surface area contributed by atoms with Crippen LogP contribution in [0.1, 0.15) is 27.2 Å². The lowest BCUT2D eigenvalue weighted by molar-refractivity contribution is -0.116. The van der Waals surface area contributed by atoms with Crippen LogP contribution < -0.4 is 0 Å². The lowest BCUT2D eigenvalue weighted by Crippen LogP contribution is -1.93. The van der Waals surface area contributed by atoms with Gasteiger partial charge < -0.3 is 0 Å². The average Bonchev–Trinajstić information content (AvgIpc) is 2.06. The first-order chi connectivity index (χ1) is 6.07. The maximum Gasteiger partial charge on any atom is 0.134 e. The molecule has 0 N–H and O–H groups in total. The molecular formula is C11H17FO. The van der Waals surface area contributed by atoms with Crippen LogP contribution in [-0.2, 0) is 4.79 Å². The van der Waals surface area contributed by atoms with Crippen molar-refractivity contribution in [2.75, 3.05) is 0 Å². The van der Waals surface area contributed by atoms with Gasteiger partial charge in [-0.1, -0.05) is 39.2 Å². The third-order valence-electron chi connectivity index (χ3n) is 1.11. The predicted molar refractivity (Wildman–Crippen MR) is 55.2 cm³/mol. The standard InChI is InChI=1S/C9H11FO.C2H6/c1-4-5-9(8(3)10)6-7(2)11;1-2/h4-5H,1,3,6H2,2H3;1-2H3/b9-5-;. The molecule has 0 aliphatic carbocycles. The highest BCUT2D eigenvalue weighted by Crippen LogP contribution is 2.13. The summed E-state index contributed by atoms with van der Waals surface area (Å²) in [7, 11) is 0. The van der Waals surface area contributed by atoms with Crippen molar-refractivity contribution >= 4 is 5.78 Å². The van der Waals surface area contributed by atoms with Gasteiger partial charge in [0, 0.05) is 6.42 Å². The molecule has 0 rings (SSSR count). The zero-order chi connectivity index (χ0) is 10.9. The van der Waals surface area contributed by atoms with E-state index in [4.69, 9.17) is 0 Å². The van der Waals surface area contributed by atoms with Crippen LogP contribution in [0.5, 0.6) is 0 Å². The van der Waals surface area contributed by atoms with Crippen molar-refractivity contribution < 1.29 is 9.18 Å². The van der Waals surface area contributed by atoms with Crippen molar-refractivity contribution in [1.82, 2.24) is 0 Å². The van der Waals surface area contributed by atoms with Gasteiger partial charge in [-0.15, -0.1) is 0 Å². The molecule has 0 saturated carbocycles. The molecular weight excluding hydrogens is 167 g/mol. The summed E-state index contributed by atoms with van der Waals surface area (Å²) >= 11 is 0. The summed E-state index contributed by atoms with van der Waals surface area (Å²) in [6.45, 7) is 11.9. The highest BCUT2D eigenvalue weighted by Gasteiger charge is 2.03. The first-order valence-corrected chi connectivity index (χ1v) is 4.23. The van der Waals surface area contributed by atoms with Crippen LogP contribution in [-0.4, -0.2) is 5.78 Å². The maximum absolute atomic E-state index is 12.5. The van der Waals surface area contributed by atoms with E-state index in [1.54, 1.807) is 0 Å². The van der Waals surface area contributed by atoms with Gasteiger partial charge >= 0.3 is 0 Å². The second kappa shape index (κ2) is 8.91. The number of Topliss-reactive ketones (excluding diaryl/α,β-unsaturated/α-hetero) is 1. The summed E-state index contributed by atoms with van der Waals surface area (Å²) in [6.07, 6.45) is 2.97. The SMILES string of the molecule is C=C/C=C(/CC(C)=O)C(=C)F.CC. The molecule has 0 aromatic heterocycles. The van der Waals surface area contributed by atoms with E-state index in [0.717, 1.165) is 0 Å². The average molecular weight is 184 g/mol. The predicted octanol–water partition coefficient (Wildman–Crippen LogP) is 3.59. The Morgan fingerprint density at radius 1 is 1.46 bits per heavy atom. The monoisotopic (exact) mass is 184 g/mol. The number of carbonyl (C=O) groups excluding carboxylic acids is 1. The van der Waals surface area contributed by atoms with E-state index in [-0.39, 0.29) is 12.2 Å². The summed E-state index contributed by atoms with van der Waals surface area (Å²) in [5.74, 6) is -0.656. The third kappa shape index (κ3) is 8.73. The van der Waals surface area contributed by atoms with Crippen LogP contribution in [0.25, 0.3) is 0 Å². The molecule has 2 heteroatoms. The smallest absolute Gasteiger partial charge is 0.134 e. The Kier molecular flexibility index (Phi) is 9.84. The number of allylic oxidation sites excluding steroid dienone is 4. The number of ketones is 1. The summed E-state index contributed by atoms with van der Waals surface area (Å²) < 4.78 is 12.5. The number of rotatable bonds is 4. The molecule has 0 fully saturated rings. The lowest BCUT2D eigenvalue weighted by atomic mass is 10.1. The van der Waals surface area contributed by atoms with Crippen molar-refractivity contribution in [3.63, 3.8) is 0 Å². The molecule has 0 aromatic carbocycles. The molecule has 0 radical (unpaired) electrons. The van der Waals surface area contributed by atoms with E-state index < -0.39 is 5.83 Å². The Hall–Kier alpha value is -1.18. The minimum atomic E-state index is -0.569. The highest BCUT2D eigenvalue weighted by atomic mass is 19.1. The molecule has 0 spiro atoms. The van der Waals surface area contributed by atoms with E-state index in [0.29, 0.717) is 5.57 Å². The quantitative estimate of drug-likeness (QED) is 0.610. The van der Waals surface area contributed by atoms with Crippen molar-refractivity contribution in [3.05, 3.63) is 36.7 Å².